The van der Waals surface area contributed by atoms with E-state index in [1.165, 1.54) is 75.9 Å². The highest BCUT2D eigenvalue weighted by atomic mass is 79.9. The van der Waals surface area contributed by atoms with Gasteiger partial charge >= 0.3 is 7.69 Å². The van der Waals surface area contributed by atoms with Gasteiger partial charge in [0.25, 0.3) is 0 Å². The van der Waals surface area contributed by atoms with Gasteiger partial charge in [-0.2, -0.15) is 0 Å². The number of hydrogen-bond donors (Lipinski definition) is 3. The van der Waals surface area contributed by atoms with Gasteiger partial charge in [-0.15, -0.1) is 0 Å². The molecule has 9 nitrogen and oxygen atoms in total. The van der Waals surface area contributed by atoms with Crippen molar-refractivity contribution in [3.05, 3.63) is 255 Å². The van der Waals surface area contributed by atoms with Crippen molar-refractivity contribution in [2.75, 3.05) is 21.3 Å². The van der Waals surface area contributed by atoms with Crippen LogP contribution in [0.1, 0.15) is 7.43 Å². The van der Waals surface area contributed by atoms with Gasteiger partial charge in [-0.25, -0.2) is 26.3 Å². The number of fused-ring (bicyclic) bond motifs is 6. The van der Waals surface area contributed by atoms with Crippen molar-refractivity contribution in [3.8, 4) is 79.0 Å². The van der Waals surface area contributed by atoms with Crippen molar-refractivity contribution in [1.29, 1.82) is 0 Å². The van der Waals surface area contributed by atoms with Crippen LogP contribution in [0.5, 0.6) is 34.5 Å². The number of phenolic OH excluding ortho intramolecular Hbond substituents is 2. The second kappa shape index (κ2) is 32.4. The molecule has 0 fully saturated rings. The van der Waals surface area contributed by atoms with E-state index in [9.17, 15) is 36.6 Å². The monoisotopic (exact) mass is 1560 g/mol. The first kappa shape index (κ1) is 73.2. The van der Waals surface area contributed by atoms with Crippen LogP contribution >= 0.6 is 113 Å². The minimum Gasteiger partial charge on any atom is -0.535 e. The van der Waals surface area contributed by atoms with Gasteiger partial charge in [-0.05, 0) is 165 Å². The van der Waals surface area contributed by atoms with Gasteiger partial charge in [0.1, 0.15) is 86.0 Å². The van der Waals surface area contributed by atoms with E-state index in [1.54, 1.807) is 54.6 Å². The molecule has 0 bridgehead atoms. The molecular formula is C70H45BBr2Cl7F6O9. The Labute approximate surface area is 591 Å². The molecule has 0 atom stereocenters. The van der Waals surface area contributed by atoms with Gasteiger partial charge in [0.15, 0.2) is 5.75 Å². The van der Waals surface area contributed by atoms with E-state index in [2.05, 4.69) is 37.9 Å². The Morgan fingerprint density at radius 3 is 1.01 bits per heavy atom. The summed E-state index contributed by atoms with van der Waals surface area (Å²) >= 11 is 47.0. The minimum absolute atomic E-state index is 0. The summed E-state index contributed by atoms with van der Waals surface area (Å²) in [6, 6.07) is 44.5. The van der Waals surface area contributed by atoms with Crippen molar-refractivity contribution < 1.29 is 69.3 Å². The predicted molar refractivity (Wildman–Crippen MR) is 377 cm³/mol. The van der Waals surface area contributed by atoms with Crippen LogP contribution in [0, 0.1) is 34.9 Å². The van der Waals surface area contributed by atoms with Crippen LogP contribution in [0.25, 0.3) is 88.4 Å². The Bertz CT molecular complexity index is 4700. The Morgan fingerprint density at radius 2 is 0.642 bits per heavy atom. The molecule has 487 valence electrons. The Hall–Kier alpha value is -7.59. The number of phenols is 2. The number of ether oxygens (including phenoxy) is 3. The molecule has 1 radical (unpaired) electrons. The highest BCUT2D eigenvalue weighted by Gasteiger charge is 2.21. The maximum atomic E-state index is 14.5. The first-order valence-electron chi connectivity index (χ1n) is 26.9. The molecular weight excluding hydrogens is 1520 g/mol. The molecule has 13 rings (SSSR count). The van der Waals surface area contributed by atoms with Crippen molar-refractivity contribution in [2.24, 2.45) is 0 Å². The van der Waals surface area contributed by atoms with Crippen molar-refractivity contribution in [1.82, 2.24) is 0 Å². The lowest BCUT2D eigenvalue weighted by atomic mass is 9.97. The zero-order valence-corrected chi connectivity index (χ0v) is 56.7. The summed E-state index contributed by atoms with van der Waals surface area (Å²) in [6.45, 7) is 0. The summed E-state index contributed by atoms with van der Waals surface area (Å²) in [6.07, 6.45) is 0. The van der Waals surface area contributed by atoms with Crippen molar-refractivity contribution in [2.45, 2.75) is 7.43 Å². The van der Waals surface area contributed by atoms with Gasteiger partial charge in [-0.3, -0.25) is 0 Å². The van der Waals surface area contributed by atoms with Crippen LogP contribution in [-0.4, -0.2) is 44.3 Å². The van der Waals surface area contributed by atoms with Crippen LogP contribution in [0.3, 0.4) is 0 Å². The molecule has 2 aromatic heterocycles. The third-order valence-corrected chi connectivity index (χ3v) is 16.6. The summed E-state index contributed by atoms with van der Waals surface area (Å²) in [5.41, 5.74) is 4.71. The molecule has 0 unspecified atom stereocenters. The smallest absolute Gasteiger partial charge is 0.535 e. The largest absolute Gasteiger partial charge is 0.569 e. The minimum atomic E-state index is -0.845. The maximum absolute atomic E-state index is 14.5. The first-order chi connectivity index (χ1) is 44.9. The van der Waals surface area contributed by atoms with Crippen molar-refractivity contribution in [3.63, 3.8) is 0 Å². The SMILES string of the molecule is C.COc1cc(Cl)ccc1-c1cc(-c2ccc(Cl)cc2OC)c(F)cc1F.COc1cc(Cl)ccc1O[B]O.Clc1ccc2c(c1)oc1cc3oc4cc(Cl)ccc4c3cc12.Fc1cc(F)c(Br)cc1Br.Oc1cc(Cl)ccc1-c1cc(-c2ccc(Cl)cc2O)c(F)cc1F. The molecule has 3 N–H and O–H groups in total. The topological polar surface area (TPSA) is 124 Å². The van der Waals surface area contributed by atoms with Crippen LogP contribution in [-0.2, 0) is 0 Å². The first-order valence-corrected chi connectivity index (χ1v) is 31.2. The molecule has 11 aromatic carbocycles. The average molecular weight is 1560 g/mol. The number of methoxy groups -OCH3 is 3. The van der Waals surface area contributed by atoms with Crippen LogP contribution in [0.4, 0.5) is 26.3 Å². The lowest BCUT2D eigenvalue weighted by Crippen LogP contribution is -2.01. The lowest BCUT2D eigenvalue weighted by Gasteiger charge is -2.14. The van der Waals surface area contributed by atoms with Crippen LogP contribution < -0.4 is 18.9 Å². The fraction of sp³-hybridized carbons (Fsp3) is 0.0571. The number of halogens is 15. The maximum Gasteiger partial charge on any atom is 0.569 e. The molecule has 0 saturated carbocycles. The van der Waals surface area contributed by atoms with E-state index in [0.717, 1.165) is 56.0 Å². The fourth-order valence-corrected chi connectivity index (χ4v) is 11.6. The molecule has 0 amide bonds. The van der Waals surface area contributed by atoms with Gasteiger partial charge in [-0.1, -0.05) is 88.6 Å². The summed E-state index contributed by atoms with van der Waals surface area (Å²) in [5, 5.41) is 35.9. The molecule has 2 heterocycles. The Kier molecular flexibility index (Phi) is 25.0. The van der Waals surface area contributed by atoms with Gasteiger partial charge in [0.2, 0.25) is 0 Å². The normalized spacial score (nSPS) is 10.7. The zero-order chi connectivity index (χ0) is 67.8. The van der Waals surface area contributed by atoms with E-state index >= 15 is 0 Å². The molecule has 0 spiro atoms. The highest BCUT2D eigenvalue weighted by molar-refractivity contribution is 9.11. The number of benzene rings is 11. The summed E-state index contributed by atoms with van der Waals surface area (Å²) in [7, 11) is 5.00. The van der Waals surface area contributed by atoms with E-state index in [1.807, 2.05) is 42.5 Å². The van der Waals surface area contributed by atoms with E-state index in [4.69, 9.17) is 114 Å². The number of rotatable bonds is 9. The zero-order valence-electron chi connectivity index (χ0n) is 48.3. The average Bonchev–Trinajstić information content (AvgIpc) is 1.64. The fourth-order valence-electron chi connectivity index (χ4n) is 9.45. The molecule has 95 heavy (non-hydrogen) atoms. The van der Waals surface area contributed by atoms with Gasteiger partial charge in [0.05, 0.1) is 30.3 Å². The molecule has 0 aliphatic rings. The summed E-state index contributed by atoms with van der Waals surface area (Å²) in [4.78, 5) is 0. The van der Waals surface area contributed by atoms with E-state index in [0.29, 0.717) is 73.0 Å². The second-order valence-electron chi connectivity index (χ2n) is 19.7. The molecule has 13 aromatic rings. The summed E-state index contributed by atoms with van der Waals surface area (Å²) in [5.74, 6) is -3.10. The van der Waals surface area contributed by atoms with Crippen LogP contribution in [0.15, 0.2) is 194 Å². The van der Waals surface area contributed by atoms with Crippen molar-refractivity contribution >= 4 is 165 Å². The summed E-state index contributed by atoms with van der Waals surface area (Å²) < 4.78 is 115. The second-order valence-corrected chi connectivity index (χ2v) is 24.4. The number of aromatic hydroxyl groups is 2. The molecule has 0 aliphatic heterocycles. The highest BCUT2D eigenvalue weighted by Crippen LogP contribution is 2.44. The molecule has 25 heteroatoms. The van der Waals surface area contributed by atoms with E-state index < -0.39 is 34.9 Å². The third kappa shape index (κ3) is 17.3. The third-order valence-electron chi connectivity index (χ3n) is 13.8. The lowest BCUT2D eigenvalue weighted by molar-refractivity contribution is 0.381. The van der Waals surface area contributed by atoms with Gasteiger partial charge in [0, 0.05) is 144 Å². The number of hydrogen-bond acceptors (Lipinski definition) is 9. The van der Waals surface area contributed by atoms with Gasteiger partial charge < -0.3 is 42.9 Å². The Morgan fingerprint density at radius 1 is 0.326 bits per heavy atom. The van der Waals surface area contributed by atoms with E-state index in [-0.39, 0.29) is 71.3 Å². The van der Waals surface area contributed by atoms with Crippen LogP contribution in [0.2, 0.25) is 35.2 Å². The standard InChI is InChI=1S/C20H14Cl2F2O2.C18H10Cl2F2O2.C18H8Cl2O2.C7H7BClO3.C6H2Br2F2.CH4/c1-25-19-7-11(21)3-5-13(19)15-9-16(18(24)10-17(15)23)14-6-4-12(22)8-20(14)26-2;19-9-1-3-11(17(23)5-9)13-7-14(16(22)8-15(13)21)12-4-2-10(20)6-18(12)24;19-9-1-3-11-13-7-14-12-4-2-10(20)6-16(12)22-18(14)8-17(13)21-15(11)5-9;1-11-7-4-5(9)2-3-6(7)12-8-10;7-3-1-4(8)6(10)2-5(3)9;/h3-10H,1-2H3;1-8,23-24H;1-8H;2-4,10H,1H3;1-2H;1H4. The quantitative estimate of drug-likeness (QED) is 0.0736. The Balaban J connectivity index is 0.000000158. The molecule has 0 aliphatic carbocycles. The number of furan rings is 2. The molecule has 0 saturated heterocycles. The predicted octanol–water partition coefficient (Wildman–Crippen LogP) is 24.8.